The molecule has 0 atom stereocenters. The van der Waals surface area contributed by atoms with E-state index in [4.69, 9.17) is 0 Å². The van der Waals surface area contributed by atoms with Gasteiger partial charge >= 0.3 is 0 Å². The quantitative estimate of drug-likeness (QED) is 0.513. The molecule has 3 aromatic carbocycles. The molecule has 1 heterocycles. The minimum absolute atomic E-state index is 0.00411. The van der Waals surface area contributed by atoms with Crippen LogP contribution in [0.1, 0.15) is 39.1 Å². The molecule has 6 nitrogen and oxygen atoms in total. The van der Waals surface area contributed by atoms with E-state index in [2.05, 4.69) is 5.32 Å². The molecule has 3 aromatic rings. The van der Waals surface area contributed by atoms with Crippen LogP contribution in [0.2, 0.25) is 0 Å². The van der Waals surface area contributed by atoms with Gasteiger partial charge in [0, 0.05) is 29.5 Å². The molecule has 0 aromatic heterocycles. The Morgan fingerprint density at radius 3 is 2.28 bits per heavy atom. The first-order valence-electron chi connectivity index (χ1n) is 9.43. The lowest BCUT2D eigenvalue weighted by Crippen LogP contribution is -2.41. The van der Waals surface area contributed by atoms with Crippen molar-refractivity contribution in [1.82, 2.24) is 4.90 Å². The summed E-state index contributed by atoms with van der Waals surface area (Å²) in [4.78, 5) is 39.1. The van der Waals surface area contributed by atoms with Gasteiger partial charge in [0.15, 0.2) is 0 Å². The van der Waals surface area contributed by atoms with Crippen molar-refractivity contribution in [3.05, 3.63) is 71.3 Å². The standard InChI is InChI=1S/C23H20N2O4/c1-14-10-11-18(19(26)13-14)24-20(27)9-4-12-25-22(28)16-7-2-5-15-6-3-8-17(21(15)16)23(25)29/h2-3,5-8,10-11,13,26H,4,9,12H2,1H3,(H,24,27). The van der Waals surface area contributed by atoms with E-state index in [0.29, 0.717) is 28.6 Å². The van der Waals surface area contributed by atoms with Crippen molar-refractivity contribution < 1.29 is 19.5 Å². The monoisotopic (exact) mass is 388 g/mol. The van der Waals surface area contributed by atoms with Crippen molar-refractivity contribution in [2.24, 2.45) is 0 Å². The molecule has 0 saturated carbocycles. The van der Waals surface area contributed by atoms with E-state index in [0.717, 1.165) is 10.9 Å². The summed E-state index contributed by atoms with van der Waals surface area (Å²) in [5.74, 6) is -0.959. The van der Waals surface area contributed by atoms with Crippen LogP contribution in [-0.2, 0) is 4.79 Å². The van der Waals surface area contributed by atoms with Gasteiger partial charge in [-0.1, -0.05) is 30.3 Å². The molecular formula is C23H20N2O4. The number of hydrogen-bond acceptors (Lipinski definition) is 4. The third kappa shape index (κ3) is 3.45. The number of aryl methyl sites for hydroxylation is 1. The van der Waals surface area contributed by atoms with Crippen LogP contribution in [-0.4, -0.2) is 34.3 Å². The number of amides is 3. The minimum Gasteiger partial charge on any atom is -0.506 e. The van der Waals surface area contributed by atoms with E-state index < -0.39 is 0 Å². The molecule has 6 heteroatoms. The van der Waals surface area contributed by atoms with Crippen LogP contribution in [0.15, 0.2) is 54.6 Å². The maximum absolute atomic E-state index is 12.8. The predicted molar refractivity (Wildman–Crippen MR) is 110 cm³/mol. The number of phenols is 1. The fraction of sp³-hybridized carbons (Fsp3) is 0.174. The molecule has 0 bridgehead atoms. The molecule has 4 rings (SSSR count). The lowest BCUT2D eigenvalue weighted by Gasteiger charge is -2.27. The molecule has 0 aliphatic carbocycles. The molecule has 1 aliphatic heterocycles. The van der Waals surface area contributed by atoms with Crippen molar-refractivity contribution >= 4 is 34.2 Å². The van der Waals surface area contributed by atoms with E-state index in [-0.39, 0.29) is 36.4 Å². The first-order chi connectivity index (χ1) is 14.0. The molecule has 1 aliphatic rings. The second kappa shape index (κ2) is 7.39. The number of rotatable bonds is 5. The Kier molecular flexibility index (Phi) is 4.76. The molecule has 146 valence electrons. The highest BCUT2D eigenvalue weighted by atomic mass is 16.3. The Balaban J connectivity index is 1.43. The van der Waals surface area contributed by atoms with Crippen molar-refractivity contribution in [3.8, 4) is 5.75 Å². The average Bonchev–Trinajstić information content (AvgIpc) is 2.70. The number of carbonyl (C=O) groups excluding carboxylic acids is 3. The lowest BCUT2D eigenvalue weighted by atomic mass is 9.94. The summed E-state index contributed by atoms with van der Waals surface area (Å²) in [7, 11) is 0. The second-order valence-corrected chi connectivity index (χ2v) is 7.14. The van der Waals surface area contributed by atoms with E-state index in [1.54, 1.807) is 42.5 Å². The molecule has 0 fully saturated rings. The number of phenolic OH excluding ortho intramolecular Hbond substituents is 1. The van der Waals surface area contributed by atoms with Crippen molar-refractivity contribution in [3.63, 3.8) is 0 Å². The summed E-state index contributed by atoms with van der Waals surface area (Å²) in [6.45, 7) is 1.99. The van der Waals surface area contributed by atoms with Gasteiger partial charge < -0.3 is 10.4 Å². The van der Waals surface area contributed by atoms with Crippen LogP contribution >= 0.6 is 0 Å². The molecule has 0 unspecified atom stereocenters. The number of aromatic hydroxyl groups is 1. The molecule has 29 heavy (non-hydrogen) atoms. The highest BCUT2D eigenvalue weighted by Crippen LogP contribution is 2.30. The molecule has 0 spiro atoms. The maximum Gasteiger partial charge on any atom is 0.261 e. The third-order valence-corrected chi connectivity index (χ3v) is 5.07. The topological polar surface area (TPSA) is 86.7 Å². The number of anilines is 1. The van der Waals surface area contributed by atoms with E-state index in [1.165, 1.54) is 4.90 Å². The van der Waals surface area contributed by atoms with E-state index in [1.807, 2.05) is 19.1 Å². The largest absolute Gasteiger partial charge is 0.506 e. The van der Waals surface area contributed by atoms with Gasteiger partial charge in [0.05, 0.1) is 5.69 Å². The molecular weight excluding hydrogens is 368 g/mol. The van der Waals surface area contributed by atoms with Crippen molar-refractivity contribution in [1.29, 1.82) is 0 Å². The van der Waals surface area contributed by atoms with Gasteiger partial charge in [-0.25, -0.2) is 0 Å². The fourth-order valence-corrected chi connectivity index (χ4v) is 3.64. The van der Waals surface area contributed by atoms with Gasteiger partial charge in [0.2, 0.25) is 5.91 Å². The SMILES string of the molecule is Cc1ccc(NC(=O)CCCN2C(=O)c3cccc4cccc(c34)C2=O)c(O)c1. The number of carbonyl (C=O) groups is 3. The number of nitrogens with zero attached hydrogens (tertiary/aromatic N) is 1. The molecule has 0 radical (unpaired) electrons. The van der Waals surface area contributed by atoms with Crippen LogP contribution < -0.4 is 5.32 Å². The van der Waals surface area contributed by atoms with Crippen LogP contribution in [0, 0.1) is 6.92 Å². The molecule has 3 amide bonds. The predicted octanol–water partition coefficient (Wildman–Crippen LogP) is 3.87. The summed E-state index contributed by atoms with van der Waals surface area (Å²) in [6, 6.07) is 15.8. The minimum atomic E-state index is -0.337. The average molecular weight is 388 g/mol. The summed E-state index contributed by atoms with van der Waals surface area (Å²) in [5.41, 5.74) is 2.24. The Morgan fingerprint density at radius 1 is 1.00 bits per heavy atom. The van der Waals surface area contributed by atoms with Crippen molar-refractivity contribution in [2.75, 3.05) is 11.9 Å². The van der Waals surface area contributed by atoms with E-state index in [9.17, 15) is 19.5 Å². The van der Waals surface area contributed by atoms with Crippen molar-refractivity contribution in [2.45, 2.75) is 19.8 Å². The fourth-order valence-electron chi connectivity index (χ4n) is 3.64. The van der Waals surface area contributed by atoms with Crippen LogP contribution in [0.4, 0.5) is 5.69 Å². The van der Waals surface area contributed by atoms with Gasteiger partial charge in [-0.2, -0.15) is 0 Å². The maximum atomic E-state index is 12.8. The summed E-state index contributed by atoms with van der Waals surface area (Å²) in [5, 5.41) is 14.1. The molecule has 0 saturated heterocycles. The van der Waals surface area contributed by atoms with Gasteiger partial charge in [0.1, 0.15) is 5.75 Å². The van der Waals surface area contributed by atoms with Gasteiger partial charge in [-0.3, -0.25) is 19.3 Å². The molecule has 2 N–H and O–H groups in total. The Morgan fingerprint density at radius 2 is 1.66 bits per heavy atom. The summed E-state index contributed by atoms with van der Waals surface area (Å²) >= 11 is 0. The highest BCUT2D eigenvalue weighted by molar-refractivity contribution is 6.25. The lowest BCUT2D eigenvalue weighted by molar-refractivity contribution is -0.116. The third-order valence-electron chi connectivity index (χ3n) is 5.07. The van der Waals surface area contributed by atoms with E-state index >= 15 is 0 Å². The summed E-state index contributed by atoms with van der Waals surface area (Å²) in [6.07, 6.45) is 0.449. The zero-order valence-electron chi connectivity index (χ0n) is 15.9. The number of imide groups is 1. The number of nitrogens with one attached hydrogen (secondary N) is 1. The van der Waals surface area contributed by atoms with Gasteiger partial charge in [0.25, 0.3) is 11.8 Å². The van der Waals surface area contributed by atoms with Crippen LogP contribution in [0.3, 0.4) is 0 Å². The normalized spacial score (nSPS) is 13.1. The number of hydrogen-bond donors (Lipinski definition) is 2. The second-order valence-electron chi connectivity index (χ2n) is 7.14. The first kappa shape index (κ1) is 18.7. The zero-order chi connectivity index (χ0) is 20.5. The van der Waals surface area contributed by atoms with Gasteiger partial charge in [-0.05, 0) is 48.6 Å². The first-order valence-corrected chi connectivity index (χ1v) is 9.43. The van der Waals surface area contributed by atoms with Gasteiger partial charge in [-0.15, -0.1) is 0 Å². The Hall–Kier alpha value is -3.67. The summed E-state index contributed by atoms with van der Waals surface area (Å²) < 4.78 is 0. The Bertz CT molecular complexity index is 1100. The highest BCUT2D eigenvalue weighted by Gasteiger charge is 2.32. The van der Waals surface area contributed by atoms with Crippen LogP contribution in [0.25, 0.3) is 10.8 Å². The number of benzene rings is 3. The zero-order valence-corrected chi connectivity index (χ0v) is 15.9. The Labute approximate surface area is 167 Å². The van der Waals surface area contributed by atoms with Crippen LogP contribution in [0.5, 0.6) is 5.75 Å². The smallest absolute Gasteiger partial charge is 0.261 e.